The van der Waals surface area contributed by atoms with E-state index in [9.17, 15) is 24.0 Å². The summed E-state index contributed by atoms with van der Waals surface area (Å²) < 4.78 is 25.8. The van der Waals surface area contributed by atoms with Gasteiger partial charge in [-0.25, -0.2) is 19.2 Å². The summed E-state index contributed by atoms with van der Waals surface area (Å²) in [6.45, 7) is 21.8. The Bertz CT molecular complexity index is 1020. The van der Waals surface area contributed by atoms with Gasteiger partial charge >= 0.3 is 30.3 Å². The summed E-state index contributed by atoms with van der Waals surface area (Å²) in [7, 11) is 1.29. The van der Waals surface area contributed by atoms with Crippen molar-refractivity contribution in [3.8, 4) is 0 Å². The highest BCUT2D eigenvalue weighted by Gasteiger charge is 2.23. The van der Waals surface area contributed by atoms with Crippen molar-refractivity contribution in [3.63, 3.8) is 0 Å². The molecule has 0 fully saturated rings. The van der Waals surface area contributed by atoms with Crippen LogP contribution in [-0.2, 0) is 28.5 Å². The molecule has 0 rings (SSSR count). The largest absolute Gasteiger partial charge is 0.468 e. The number of hydrogen-bond acceptors (Lipinski definition) is 14. The number of carbonyl (C=O) groups is 5. The van der Waals surface area contributed by atoms with Crippen LogP contribution in [-0.4, -0.2) is 122 Å². The van der Waals surface area contributed by atoms with Gasteiger partial charge in [-0.05, 0) is 83.1 Å². The standard InChI is InChI=1S/C31H58N8O10/c1-28(2,3)46-24(41)35-22(36-25(42)47-29(4,5)6)33-15-18-39(17-14-32-20-21(40)45-13)19-16-34-23(37-26(43)48-30(7,8)9)38-27(44)49-31(10,11)12/h32H,14-20H2,1-13H3,(H2,33,35,36,41,42)(H2,34,37,38,43,44). The molecule has 18 heteroatoms. The van der Waals surface area contributed by atoms with E-state index in [0.717, 1.165) is 0 Å². The molecule has 4 amide bonds. The van der Waals surface area contributed by atoms with E-state index in [-0.39, 0.29) is 31.6 Å². The Morgan fingerprint density at radius 1 is 0.531 bits per heavy atom. The molecule has 0 heterocycles. The fraction of sp³-hybridized carbons (Fsp3) is 0.774. The fourth-order valence-corrected chi connectivity index (χ4v) is 3.26. The van der Waals surface area contributed by atoms with Crippen LogP contribution in [0.1, 0.15) is 83.1 Å². The van der Waals surface area contributed by atoms with Crippen molar-refractivity contribution in [3.05, 3.63) is 0 Å². The summed E-state index contributed by atoms with van der Waals surface area (Å²) in [6, 6.07) is 0. The summed E-state index contributed by atoms with van der Waals surface area (Å²) in [5, 5.41) is 12.7. The molecule has 0 spiro atoms. The van der Waals surface area contributed by atoms with Crippen molar-refractivity contribution >= 4 is 42.3 Å². The van der Waals surface area contributed by atoms with Gasteiger partial charge in [-0.15, -0.1) is 0 Å². The van der Waals surface area contributed by atoms with Gasteiger partial charge in [-0.1, -0.05) is 0 Å². The molecule has 0 bridgehead atoms. The molecular weight excluding hydrogens is 644 g/mol. The van der Waals surface area contributed by atoms with E-state index in [1.165, 1.54) is 7.11 Å². The summed E-state index contributed by atoms with van der Waals surface area (Å²) in [5.74, 6) is -0.802. The van der Waals surface area contributed by atoms with Gasteiger partial charge in [-0.3, -0.25) is 40.9 Å². The highest BCUT2D eigenvalue weighted by molar-refractivity contribution is 6.02. The topological polar surface area (TPSA) is 220 Å². The van der Waals surface area contributed by atoms with E-state index in [4.69, 9.17) is 18.9 Å². The van der Waals surface area contributed by atoms with E-state index >= 15 is 0 Å². The Morgan fingerprint density at radius 3 is 1.10 bits per heavy atom. The molecule has 0 radical (unpaired) electrons. The first-order valence-electron chi connectivity index (χ1n) is 15.9. The predicted octanol–water partition coefficient (Wildman–Crippen LogP) is 2.86. The maximum atomic E-state index is 12.4. The molecule has 0 saturated heterocycles. The molecule has 5 N–H and O–H groups in total. The highest BCUT2D eigenvalue weighted by atomic mass is 16.6. The van der Waals surface area contributed by atoms with Gasteiger partial charge in [0.05, 0.1) is 26.7 Å². The first-order valence-corrected chi connectivity index (χ1v) is 15.9. The first kappa shape index (κ1) is 44.8. The van der Waals surface area contributed by atoms with Crippen LogP contribution >= 0.6 is 0 Å². The van der Waals surface area contributed by atoms with Crippen LogP contribution in [0.15, 0.2) is 9.98 Å². The molecule has 0 aromatic carbocycles. The Kier molecular flexibility index (Phi) is 18.6. The van der Waals surface area contributed by atoms with Crippen molar-refractivity contribution in [1.29, 1.82) is 0 Å². The molecule has 0 aliphatic carbocycles. The summed E-state index contributed by atoms with van der Waals surface area (Å²) in [5.41, 5.74) is -3.20. The summed E-state index contributed by atoms with van der Waals surface area (Å²) in [4.78, 5) is 71.9. The minimum atomic E-state index is -0.831. The molecule has 0 unspecified atom stereocenters. The second kappa shape index (κ2) is 20.4. The van der Waals surface area contributed by atoms with Crippen molar-refractivity contribution in [1.82, 2.24) is 31.5 Å². The fourth-order valence-electron chi connectivity index (χ4n) is 3.26. The molecular formula is C31H58N8O10. The van der Waals surface area contributed by atoms with Crippen LogP contribution in [0.25, 0.3) is 0 Å². The smallest absolute Gasteiger partial charge is 0.414 e. The minimum absolute atomic E-state index is 0.00578. The van der Waals surface area contributed by atoms with E-state index in [0.29, 0.717) is 26.2 Å². The van der Waals surface area contributed by atoms with E-state index in [1.807, 2.05) is 4.90 Å². The maximum Gasteiger partial charge on any atom is 0.414 e. The lowest BCUT2D eigenvalue weighted by molar-refractivity contribution is -0.139. The molecule has 18 nitrogen and oxygen atoms in total. The van der Waals surface area contributed by atoms with E-state index in [1.54, 1.807) is 83.1 Å². The van der Waals surface area contributed by atoms with Gasteiger partial charge in [0.15, 0.2) is 0 Å². The number of alkyl carbamates (subject to hydrolysis) is 4. The van der Waals surface area contributed by atoms with Gasteiger partial charge in [0.1, 0.15) is 22.4 Å². The van der Waals surface area contributed by atoms with Crippen LogP contribution in [0.2, 0.25) is 0 Å². The van der Waals surface area contributed by atoms with E-state index in [2.05, 4.69) is 41.3 Å². The van der Waals surface area contributed by atoms with Gasteiger partial charge in [-0.2, -0.15) is 0 Å². The predicted molar refractivity (Wildman–Crippen MR) is 183 cm³/mol. The third kappa shape index (κ3) is 27.5. The Hall–Kier alpha value is -4.19. The minimum Gasteiger partial charge on any atom is -0.468 e. The quantitative estimate of drug-likeness (QED) is 0.0690. The van der Waals surface area contributed by atoms with Crippen LogP contribution in [0.3, 0.4) is 0 Å². The number of methoxy groups -OCH3 is 1. The number of nitrogens with one attached hydrogen (secondary N) is 5. The van der Waals surface area contributed by atoms with Gasteiger partial charge in [0.25, 0.3) is 0 Å². The molecule has 0 aliphatic rings. The molecule has 0 atom stereocenters. The number of hydrogen-bond donors (Lipinski definition) is 5. The number of guanidine groups is 2. The Balaban J connectivity index is 5.96. The van der Waals surface area contributed by atoms with Gasteiger partial charge in [0, 0.05) is 26.2 Å². The average molecular weight is 703 g/mol. The Labute approximate surface area is 289 Å². The maximum absolute atomic E-state index is 12.4. The lowest BCUT2D eigenvalue weighted by Crippen LogP contribution is -2.47. The first-order chi connectivity index (χ1) is 22.3. The highest BCUT2D eigenvalue weighted by Crippen LogP contribution is 2.09. The van der Waals surface area contributed by atoms with Crippen molar-refractivity contribution in [2.75, 3.05) is 52.9 Å². The molecule has 0 aliphatic heterocycles. The van der Waals surface area contributed by atoms with Crippen molar-refractivity contribution in [2.24, 2.45) is 9.98 Å². The zero-order valence-corrected chi connectivity index (χ0v) is 31.4. The zero-order valence-electron chi connectivity index (χ0n) is 31.4. The molecule has 0 aromatic heterocycles. The number of carbonyl (C=O) groups excluding carboxylic acids is 5. The van der Waals surface area contributed by atoms with Gasteiger partial charge < -0.3 is 29.0 Å². The molecule has 0 aromatic rings. The number of aliphatic imine (C=N–C) groups is 2. The van der Waals surface area contributed by atoms with Crippen LogP contribution in [0.5, 0.6) is 0 Å². The molecule has 49 heavy (non-hydrogen) atoms. The summed E-state index contributed by atoms with van der Waals surface area (Å²) in [6.07, 6.45) is -3.32. The monoisotopic (exact) mass is 702 g/mol. The number of amides is 4. The number of rotatable bonds is 11. The number of esters is 1. The molecule has 0 saturated carbocycles. The second-order valence-electron chi connectivity index (χ2n) is 14.6. The SMILES string of the molecule is COC(=O)CNCCN(CCN=C(NC(=O)OC(C)(C)C)NC(=O)OC(C)(C)C)CCN=C(NC(=O)OC(C)(C)C)NC(=O)OC(C)(C)C. The number of nitrogens with zero attached hydrogens (tertiary/aromatic N) is 3. The summed E-state index contributed by atoms with van der Waals surface area (Å²) >= 11 is 0. The van der Waals surface area contributed by atoms with Crippen molar-refractivity contribution in [2.45, 2.75) is 105 Å². The molecule has 282 valence electrons. The third-order valence-electron chi connectivity index (χ3n) is 4.95. The zero-order chi connectivity index (χ0) is 38.1. The lowest BCUT2D eigenvalue weighted by Gasteiger charge is -2.23. The third-order valence-corrected chi connectivity index (χ3v) is 4.95. The van der Waals surface area contributed by atoms with E-state index < -0.39 is 52.7 Å². The van der Waals surface area contributed by atoms with Gasteiger partial charge in [0.2, 0.25) is 11.9 Å². The normalized spacial score (nSPS) is 11.8. The number of ether oxygens (including phenoxy) is 5. The van der Waals surface area contributed by atoms with Crippen LogP contribution in [0.4, 0.5) is 19.2 Å². The second-order valence-corrected chi connectivity index (χ2v) is 14.6. The lowest BCUT2D eigenvalue weighted by atomic mass is 10.2. The van der Waals surface area contributed by atoms with Crippen molar-refractivity contribution < 1.29 is 47.7 Å². The van der Waals surface area contributed by atoms with Crippen LogP contribution < -0.4 is 26.6 Å². The average Bonchev–Trinajstić information content (AvgIpc) is 2.85. The van der Waals surface area contributed by atoms with Crippen LogP contribution in [0, 0.1) is 0 Å². The Morgan fingerprint density at radius 2 is 0.837 bits per heavy atom.